The van der Waals surface area contributed by atoms with E-state index < -0.39 is 0 Å². The van der Waals surface area contributed by atoms with E-state index in [4.69, 9.17) is 5.73 Å². The Labute approximate surface area is 108 Å². The number of aromatic hydroxyl groups is 1. The summed E-state index contributed by atoms with van der Waals surface area (Å²) in [7, 11) is 1.77. The lowest BCUT2D eigenvalue weighted by Crippen LogP contribution is -2.35. The molecule has 0 spiro atoms. The highest BCUT2D eigenvalue weighted by atomic mass is 16.3. The zero-order valence-electron chi connectivity index (χ0n) is 11.3. The normalized spacial score (nSPS) is 12.5. The Morgan fingerprint density at radius 1 is 1.33 bits per heavy atom. The van der Waals surface area contributed by atoms with E-state index in [1.807, 2.05) is 26.0 Å². The number of benzene rings is 1. The van der Waals surface area contributed by atoms with Gasteiger partial charge in [0, 0.05) is 26.1 Å². The Bertz CT molecular complexity index is 387. The fourth-order valence-corrected chi connectivity index (χ4v) is 1.56. The zero-order chi connectivity index (χ0) is 13.7. The van der Waals surface area contributed by atoms with Crippen molar-refractivity contribution in [2.75, 3.05) is 7.05 Å². The Balaban J connectivity index is 2.52. The second kappa shape index (κ2) is 6.40. The number of nitrogens with two attached hydrogens (primary N) is 1. The molecular weight excluding hydrogens is 228 g/mol. The van der Waals surface area contributed by atoms with Crippen LogP contribution in [0.4, 0.5) is 0 Å². The first-order valence-electron chi connectivity index (χ1n) is 6.17. The van der Waals surface area contributed by atoms with Crippen molar-refractivity contribution in [1.29, 1.82) is 0 Å². The molecule has 4 nitrogen and oxygen atoms in total. The molecule has 0 saturated carbocycles. The molecule has 3 N–H and O–H groups in total. The van der Waals surface area contributed by atoms with E-state index in [1.165, 1.54) is 0 Å². The van der Waals surface area contributed by atoms with E-state index in [0.717, 1.165) is 5.56 Å². The standard InChI is InChI=1S/C14H22N2O2/c1-10(2)13(15)8-14(18)16(3)9-11-4-6-12(17)7-5-11/h4-7,10,13,17H,8-9,15H2,1-3H3. The van der Waals surface area contributed by atoms with Crippen LogP contribution in [0, 0.1) is 5.92 Å². The molecule has 0 bridgehead atoms. The summed E-state index contributed by atoms with van der Waals surface area (Å²) in [5, 5.41) is 9.18. The van der Waals surface area contributed by atoms with E-state index in [-0.39, 0.29) is 17.7 Å². The molecular formula is C14H22N2O2. The van der Waals surface area contributed by atoms with Crippen LogP contribution in [0.15, 0.2) is 24.3 Å². The number of hydrogen-bond donors (Lipinski definition) is 2. The minimum Gasteiger partial charge on any atom is -0.508 e. The number of hydrogen-bond acceptors (Lipinski definition) is 3. The number of phenols is 1. The smallest absolute Gasteiger partial charge is 0.224 e. The van der Waals surface area contributed by atoms with Crippen LogP contribution in [0.1, 0.15) is 25.8 Å². The molecule has 0 radical (unpaired) electrons. The monoisotopic (exact) mass is 250 g/mol. The molecule has 1 aromatic rings. The fraction of sp³-hybridized carbons (Fsp3) is 0.500. The minimum absolute atomic E-state index is 0.0456. The number of rotatable bonds is 5. The van der Waals surface area contributed by atoms with Crippen molar-refractivity contribution in [2.45, 2.75) is 32.9 Å². The number of phenolic OH excluding ortho intramolecular Hbond substituents is 1. The fourth-order valence-electron chi connectivity index (χ4n) is 1.56. The largest absolute Gasteiger partial charge is 0.508 e. The van der Waals surface area contributed by atoms with Gasteiger partial charge in [0.25, 0.3) is 0 Å². The number of carbonyl (C=O) groups excluding carboxylic acids is 1. The zero-order valence-corrected chi connectivity index (χ0v) is 11.3. The summed E-state index contributed by atoms with van der Waals surface area (Å²) in [5.74, 6) is 0.579. The number of nitrogens with zero attached hydrogens (tertiary/aromatic N) is 1. The molecule has 0 aliphatic carbocycles. The van der Waals surface area contributed by atoms with Gasteiger partial charge in [0.1, 0.15) is 5.75 Å². The van der Waals surface area contributed by atoms with Gasteiger partial charge in [-0.05, 0) is 23.6 Å². The first-order chi connectivity index (χ1) is 8.40. The van der Waals surface area contributed by atoms with Gasteiger partial charge >= 0.3 is 0 Å². The predicted octanol–water partition coefficient (Wildman–Crippen LogP) is 1.72. The van der Waals surface area contributed by atoms with Gasteiger partial charge in [0.05, 0.1) is 0 Å². The third-order valence-corrected chi connectivity index (χ3v) is 3.05. The second-order valence-electron chi connectivity index (χ2n) is 5.03. The molecule has 1 amide bonds. The van der Waals surface area contributed by atoms with Crippen molar-refractivity contribution in [3.63, 3.8) is 0 Å². The second-order valence-corrected chi connectivity index (χ2v) is 5.03. The molecule has 4 heteroatoms. The molecule has 0 aromatic heterocycles. The summed E-state index contributed by atoms with van der Waals surface area (Å²) < 4.78 is 0. The Morgan fingerprint density at radius 3 is 2.39 bits per heavy atom. The van der Waals surface area contributed by atoms with Gasteiger partial charge in [0.2, 0.25) is 5.91 Å². The summed E-state index contributed by atoms with van der Waals surface area (Å²) in [6.07, 6.45) is 0.367. The highest BCUT2D eigenvalue weighted by Crippen LogP contribution is 2.12. The van der Waals surface area contributed by atoms with Crippen LogP contribution >= 0.6 is 0 Å². The molecule has 18 heavy (non-hydrogen) atoms. The molecule has 1 atom stereocenters. The lowest BCUT2D eigenvalue weighted by molar-refractivity contribution is -0.131. The van der Waals surface area contributed by atoms with Crippen molar-refractivity contribution in [3.05, 3.63) is 29.8 Å². The number of amides is 1. The van der Waals surface area contributed by atoms with Crippen molar-refractivity contribution >= 4 is 5.91 Å². The Kier molecular flexibility index (Phi) is 5.16. The summed E-state index contributed by atoms with van der Waals surface area (Å²) in [5.41, 5.74) is 6.88. The van der Waals surface area contributed by atoms with Crippen LogP contribution in [0.3, 0.4) is 0 Å². The van der Waals surface area contributed by atoms with Gasteiger partial charge in [-0.2, -0.15) is 0 Å². The van der Waals surface area contributed by atoms with Crippen molar-refractivity contribution in [2.24, 2.45) is 11.7 Å². The van der Waals surface area contributed by atoms with Gasteiger partial charge < -0.3 is 15.7 Å². The molecule has 1 rings (SSSR count). The molecule has 0 saturated heterocycles. The maximum absolute atomic E-state index is 11.9. The molecule has 0 fully saturated rings. The molecule has 100 valence electrons. The predicted molar refractivity (Wildman–Crippen MR) is 72.0 cm³/mol. The summed E-state index contributed by atoms with van der Waals surface area (Å²) in [6.45, 7) is 4.56. The first kappa shape index (κ1) is 14.5. The summed E-state index contributed by atoms with van der Waals surface area (Å²) in [4.78, 5) is 13.6. The lowest BCUT2D eigenvalue weighted by Gasteiger charge is -2.21. The molecule has 0 aliphatic rings. The summed E-state index contributed by atoms with van der Waals surface area (Å²) in [6, 6.07) is 6.75. The number of carbonyl (C=O) groups is 1. The third-order valence-electron chi connectivity index (χ3n) is 3.05. The summed E-state index contributed by atoms with van der Waals surface area (Å²) >= 11 is 0. The van der Waals surface area contributed by atoms with Crippen LogP contribution < -0.4 is 5.73 Å². The van der Waals surface area contributed by atoms with Gasteiger partial charge in [-0.25, -0.2) is 0 Å². The van der Waals surface area contributed by atoms with E-state index >= 15 is 0 Å². The van der Waals surface area contributed by atoms with Gasteiger partial charge in [-0.1, -0.05) is 26.0 Å². The highest BCUT2D eigenvalue weighted by molar-refractivity contribution is 5.76. The average molecular weight is 250 g/mol. The molecule has 0 heterocycles. The highest BCUT2D eigenvalue weighted by Gasteiger charge is 2.16. The maximum atomic E-state index is 11.9. The van der Waals surface area contributed by atoms with Crippen molar-refractivity contribution in [3.8, 4) is 5.75 Å². The van der Waals surface area contributed by atoms with E-state index in [0.29, 0.717) is 18.9 Å². The first-order valence-corrected chi connectivity index (χ1v) is 6.17. The average Bonchev–Trinajstić information content (AvgIpc) is 2.31. The Morgan fingerprint density at radius 2 is 1.89 bits per heavy atom. The lowest BCUT2D eigenvalue weighted by atomic mass is 10.0. The molecule has 0 aliphatic heterocycles. The van der Waals surface area contributed by atoms with E-state index in [9.17, 15) is 9.90 Å². The topological polar surface area (TPSA) is 66.6 Å². The Hall–Kier alpha value is -1.55. The van der Waals surface area contributed by atoms with Gasteiger partial charge in [-0.15, -0.1) is 0 Å². The van der Waals surface area contributed by atoms with E-state index in [2.05, 4.69) is 0 Å². The van der Waals surface area contributed by atoms with Crippen LogP contribution in [0.25, 0.3) is 0 Å². The molecule has 1 aromatic carbocycles. The van der Waals surface area contributed by atoms with Gasteiger partial charge in [0.15, 0.2) is 0 Å². The molecule has 1 unspecified atom stereocenters. The van der Waals surface area contributed by atoms with Crippen LogP contribution in [0.5, 0.6) is 5.75 Å². The maximum Gasteiger partial charge on any atom is 0.224 e. The van der Waals surface area contributed by atoms with Crippen LogP contribution in [-0.2, 0) is 11.3 Å². The van der Waals surface area contributed by atoms with Crippen LogP contribution in [0.2, 0.25) is 0 Å². The van der Waals surface area contributed by atoms with E-state index in [1.54, 1.807) is 24.1 Å². The quantitative estimate of drug-likeness (QED) is 0.836. The van der Waals surface area contributed by atoms with Crippen LogP contribution in [-0.4, -0.2) is 29.0 Å². The van der Waals surface area contributed by atoms with Gasteiger partial charge in [-0.3, -0.25) is 4.79 Å². The SMILES string of the molecule is CC(C)C(N)CC(=O)N(C)Cc1ccc(O)cc1. The third kappa shape index (κ3) is 4.37. The minimum atomic E-state index is -0.0974. The van der Waals surface area contributed by atoms with Crippen molar-refractivity contribution in [1.82, 2.24) is 4.90 Å². The van der Waals surface area contributed by atoms with Crippen molar-refractivity contribution < 1.29 is 9.90 Å².